The van der Waals surface area contributed by atoms with E-state index in [1.54, 1.807) is 24.3 Å². The standard InChI is InChI=1S/C27H29N5O7/c1-16(34)12-21(15-33)29-25(37)14-32-24-7-5-4-6-23(24)31(18(3)36)13-22(27(32)39)30-26(38)19-8-10-20(11-9-19)28-17(2)35/h4-11,15,21-22H,12-14H2,1-3H3,(H,28,35)(H,29,37)(H,30,38)/t21-,22-/m0/s1. The van der Waals surface area contributed by atoms with Crippen LogP contribution in [0.25, 0.3) is 0 Å². The van der Waals surface area contributed by atoms with Gasteiger partial charge in [0, 0.05) is 31.5 Å². The van der Waals surface area contributed by atoms with Crippen molar-refractivity contribution >= 4 is 58.7 Å². The van der Waals surface area contributed by atoms with Crippen LogP contribution in [0, 0.1) is 0 Å². The highest BCUT2D eigenvalue weighted by atomic mass is 16.2. The summed E-state index contributed by atoms with van der Waals surface area (Å²) in [6, 6.07) is 10.2. The molecule has 0 unspecified atom stereocenters. The molecule has 3 rings (SSSR count). The van der Waals surface area contributed by atoms with E-state index in [1.165, 1.54) is 49.9 Å². The Balaban J connectivity index is 1.90. The fraction of sp³-hybridized carbons (Fsp3) is 0.296. The van der Waals surface area contributed by atoms with Crippen LogP contribution >= 0.6 is 0 Å². The van der Waals surface area contributed by atoms with Gasteiger partial charge in [-0.15, -0.1) is 0 Å². The number of anilines is 3. The minimum Gasteiger partial charge on any atom is -0.345 e. The Morgan fingerprint density at radius 2 is 1.62 bits per heavy atom. The number of hydrogen-bond donors (Lipinski definition) is 3. The van der Waals surface area contributed by atoms with E-state index in [4.69, 9.17) is 0 Å². The zero-order valence-corrected chi connectivity index (χ0v) is 21.7. The molecular weight excluding hydrogens is 506 g/mol. The van der Waals surface area contributed by atoms with E-state index in [-0.39, 0.29) is 41.8 Å². The van der Waals surface area contributed by atoms with E-state index < -0.39 is 36.3 Å². The van der Waals surface area contributed by atoms with Gasteiger partial charge in [-0.25, -0.2) is 0 Å². The van der Waals surface area contributed by atoms with Gasteiger partial charge in [0.2, 0.25) is 17.7 Å². The van der Waals surface area contributed by atoms with Gasteiger partial charge in [0.15, 0.2) is 0 Å². The van der Waals surface area contributed by atoms with Gasteiger partial charge >= 0.3 is 0 Å². The number of nitrogens with zero attached hydrogens (tertiary/aromatic N) is 2. The molecule has 1 heterocycles. The van der Waals surface area contributed by atoms with E-state index in [9.17, 15) is 33.6 Å². The molecule has 1 aliphatic rings. The third-order valence-electron chi connectivity index (χ3n) is 5.87. The predicted molar refractivity (Wildman–Crippen MR) is 142 cm³/mol. The highest BCUT2D eigenvalue weighted by Crippen LogP contribution is 2.33. The third-order valence-corrected chi connectivity index (χ3v) is 5.87. The number of para-hydroxylation sites is 2. The highest BCUT2D eigenvalue weighted by Gasteiger charge is 2.37. The van der Waals surface area contributed by atoms with Crippen molar-refractivity contribution in [2.45, 2.75) is 39.3 Å². The second-order valence-corrected chi connectivity index (χ2v) is 9.04. The van der Waals surface area contributed by atoms with Crippen LogP contribution in [-0.4, -0.2) is 66.8 Å². The number of carbonyl (C=O) groups is 7. The first-order valence-electron chi connectivity index (χ1n) is 12.1. The summed E-state index contributed by atoms with van der Waals surface area (Å²) in [6.07, 6.45) is 0.243. The maximum Gasteiger partial charge on any atom is 0.251 e. The van der Waals surface area contributed by atoms with Crippen molar-refractivity contribution < 1.29 is 33.6 Å². The number of rotatable bonds is 9. The molecule has 0 spiro atoms. The van der Waals surface area contributed by atoms with Gasteiger partial charge in [-0.3, -0.25) is 33.7 Å². The predicted octanol–water partition coefficient (Wildman–Crippen LogP) is 0.806. The Morgan fingerprint density at radius 1 is 0.974 bits per heavy atom. The van der Waals surface area contributed by atoms with E-state index in [1.807, 2.05) is 0 Å². The molecule has 0 bridgehead atoms. The van der Waals surface area contributed by atoms with Crippen LogP contribution in [0.2, 0.25) is 0 Å². The second-order valence-electron chi connectivity index (χ2n) is 9.04. The van der Waals surface area contributed by atoms with Crippen LogP contribution in [0.15, 0.2) is 48.5 Å². The maximum atomic E-state index is 13.7. The Bertz CT molecular complexity index is 1310. The van der Waals surface area contributed by atoms with Crippen molar-refractivity contribution in [3.05, 3.63) is 54.1 Å². The summed E-state index contributed by atoms with van der Waals surface area (Å²) in [5.74, 6) is -2.92. The van der Waals surface area contributed by atoms with Crippen LogP contribution in [0.4, 0.5) is 17.1 Å². The van der Waals surface area contributed by atoms with Crippen molar-refractivity contribution in [1.82, 2.24) is 10.6 Å². The van der Waals surface area contributed by atoms with Gasteiger partial charge in [-0.1, -0.05) is 12.1 Å². The third kappa shape index (κ3) is 7.34. The number of aldehydes is 1. The molecule has 0 radical (unpaired) electrons. The maximum absolute atomic E-state index is 13.7. The molecule has 12 nitrogen and oxygen atoms in total. The smallest absolute Gasteiger partial charge is 0.251 e. The van der Waals surface area contributed by atoms with Crippen molar-refractivity contribution in [1.29, 1.82) is 0 Å². The van der Waals surface area contributed by atoms with Crippen LogP contribution in [-0.2, 0) is 28.8 Å². The lowest BCUT2D eigenvalue weighted by molar-refractivity contribution is -0.127. The molecule has 0 aromatic heterocycles. The molecule has 2 atom stereocenters. The fourth-order valence-electron chi connectivity index (χ4n) is 4.14. The average Bonchev–Trinajstić information content (AvgIpc) is 2.98. The summed E-state index contributed by atoms with van der Waals surface area (Å²) >= 11 is 0. The quantitative estimate of drug-likeness (QED) is 0.400. The summed E-state index contributed by atoms with van der Waals surface area (Å²) in [6.45, 7) is 3.24. The van der Waals surface area contributed by atoms with Gasteiger partial charge in [0.1, 0.15) is 24.7 Å². The average molecular weight is 536 g/mol. The second kappa shape index (κ2) is 12.6. The molecule has 0 aliphatic carbocycles. The molecule has 3 N–H and O–H groups in total. The van der Waals surface area contributed by atoms with E-state index in [0.29, 0.717) is 17.7 Å². The van der Waals surface area contributed by atoms with Crippen molar-refractivity contribution in [3.63, 3.8) is 0 Å². The summed E-state index contributed by atoms with van der Waals surface area (Å²) in [5, 5.41) is 7.67. The van der Waals surface area contributed by atoms with Crippen LogP contribution in [0.5, 0.6) is 0 Å². The van der Waals surface area contributed by atoms with Crippen molar-refractivity contribution in [3.8, 4) is 0 Å². The molecule has 12 heteroatoms. The first kappa shape index (κ1) is 28.7. The Kier molecular flexibility index (Phi) is 9.26. The fourth-order valence-corrected chi connectivity index (χ4v) is 4.14. The summed E-state index contributed by atoms with van der Waals surface area (Å²) in [7, 11) is 0. The highest BCUT2D eigenvalue weighted by molar-refractivity contribution is 6.10. The van der Waals surface area contributed by atoms with Gasteiger partial charge in [-0.2, -0.15) is 0 Å². The number of carbonyl (C=O) groups excluding carboxylic acids is 7. The molecule has 5 amide bonds. The summed E-state index contributed by atoms with van der Waals surface area (Å²) < 4.78 is 0. The first-order chi connectivity index (χ1) is 18.5. The molecular formula is C27H29N5O7. The lowest BCUT2D eigenvalue weighted by atomic mass is 10.1. The minimum atomic E-state index is -1.23. The number of Topliss-reactive ketones (excluding diaryl/α,β-unsaturated/α-hetero) is 1. The topological polar surface area (TPSA) is 162 Å². The summed E-state index contributed by atoms with van der Waals surface area (Å²) in [4.78, 5) is 88.6. The van der Waals surface area contributed by atoms with Gasteiger partial charge in [-0.05, 0) is 43.3 Å². The van der Waals surface area contributed by atoms with Crippen molar-refractivity contribution in [2.75, 3.05) is 28.2 Å². The van der Waals surface area contributed by atoms with Gasteiger partial charge < -0.3 is 25.6 Å². The lowest BCUT2D eigenvalue weighted by Gasteiger charge is -2.25. The summed E-state index contributed by atoms with van der Waals surface area (Å²) in [5.41, 5.74) is 1.31. The zero-order chi connectivity index (χ0) is 28.7. The molecule has 2 aromatic carbocycles. The number of benzene rings is 2. The molecule has 0 saturated carbocycles. The molecule has 204 valence electrons. The molecule has 0 saturated heterocycles. The molecule has 39 heavy (non-hydrogen) atoms. The Hall–Kier alpha value is -4.87. The molecule has 1 aliphatic heterocycles. The normalized spacial score (nSPS) is 15.4. The minimum absolute atomic E-state index is 0.194. The SMILES string of the molecule is CC(=O)C[C@@H](C=O)NC(=O)CN1C(=O)[C@@H](NC(=O)c2ccc(NC(C)=O)cc2)CN(C(C)=O)c2ccccc21. The zero-order valence-electron chi connectivity index (χ0n) is 21.7. The lowest BCUT2D eigenvalue weighted by Crippen LogP contribution is -2.54. The van der Waals surface area contributed by atoms with Crippen molar-refractivity contribution in [2.24, 2.45) is 0 Å². The number of amides is 5. The van der Waals surface area contributed by atoms with E-state index >= 15 is 0 Å². The Morgan fingerprint density at radius 3 is 2.18 bits per heavy atom. The van der Waals surface area contributed by atoms with E-state index in [2.05, 4.69) is 16.0 Å². The Labute approximate surface area is 224 Å². The number of fused-ring (bicyclic) bond motifs is 1. The van der Waals surface area contributed by atoms with Gasteiger partial charge in [0.25, 0.3) is 11.8 Å². The first-order valence-corrected chi connectivity index (χ1v) is 12.1. The number of ketones is 1. The van der Waals surface area contributed by atoms with Crippen LogP contribution in [0.3, 0.4) is 0 Å². The largest absolute Gasteiger partial charge is 0.345 e. The van der Waals surface area contributed by atoms with E-state index in [0.717, 1.165) is 4.90 Å². The molecule has 2 aromatic rings. The monoisotopic (exact) mass is 535 g/mol. The number of nitrogens with one attached hydrogen (secondary N) is 3. The number of hydrogen-bond acceptors (Lipinski definition) is 7. The van der Waals surface area contributed by atoms with Crippen LogP contribution in [0.1, 0.15) is 37.6 Å². The van der Waals surface area contributed by atoms with Crippen LogP contribution < -0.4 is 25.8 Å². The molecule has 0 fully saturated rings. The van der Waals surface area contributed by atoms with Gasteiger partial charge in [0.05, 0.1) is 24.0 Å².